The van der Waals surface area contributed by atoms with Gasteiger partial charge in [0.15, 0.2) is 0 Å². The predicted octanol–water partition coefficient (Wildman–Crippen LogP) is 8.27. The lowest BCUT2D eigenvalue weighted by Gasteiger charge is -2.20. The van der Waals surface area contributed by atoms with E-state index in [2.05, 4.69) is 68.5 Å². The number of ether oxygens (including phenoxy) is 4. The molecule has 12 heteroatoms. The molecule has 224 valence electrons. The van der Waals surface area contributed by atoms with Crippen LogP contribution in [0.4, 0.5) is 27.2 Å². The summed E-state index contributed by atoms with van der Waals surface area (Å²) in [6, 6.07) is 18.1. The first-order valence-corrected chi connectivity index (χ1v) is 15.7. The number of hydrogen-bond donors (Lipinski definition) is 0. The first kappa shape index (κ1) is 31.8. The molecule has 0 saturated heterocycles. The summed E-state index contributed by atoms with van der Waals surface area (Å²) in [6.45, 7) is 10.3. The summed E-state index contributed by atoms with van der Waals surface area (Å²) in [5.41, 5.74) is 3.97. The van der Waals surface area contributed by atoms with Gasteiger partial charge in [0.2, 0.25) is 5.13 Å². The molecule has 0 atom stereocenters. The Bertz CT molecular complexity index is 1350. The van der Waals surface area contributed by atoms with Gasteiger partial charge in [-0.1, -0.05) is 34.8 Å². The Balaban J connectivity index is 1.17. The molecule has 0 aliphatic heterocycles. The highest BCUT2D eigenvalue weighted by atomic mass is 32.1. The largest absolute Gasteiger partial charge is 0.382 e. The second-order valence-electron chi connectivity index (χ2n) is 9.09. The number of thiazole rings is 1. The monoisotopic (exact) mass is 610 g/mol. The average Bonchev–Trinajstić information content (AvgIpc) is 3.58. The van der Waals surface area contributed by atoms with Gasteiger partial charge < -0.3 is 23.8 Å². The molecule has 0 amide bonds. The quantitative estimate of drug-likeness (QED) is 0.0782. The van der Waals surface area contributed by atoms with Crippen LogP contribution in [0, 0.1) is 0 Å². The molecule has 2 heterocycles. The van der Waals surface area contributed by atoms with Gasteiger partial charge in [-0.15, -0.1) is 20.5 Å². The second kappa shape index (κ2) is 17.7. The van der Waals surface area contributed by atoms with E-state index >= 15 is 0 Å². The van der Waals surface area contributed by atoms with Crippen molar-refractivity contribution in [2.75, 3.05) is 71.3 Å². The summed E-state index contributed by atoms with van der Waals surface area (Å²) in [4.78, 5) is 7.77. The Morgan fingerprint density at radius 3 is 1.90 bits per heavy atom. The van der Waals surface area contributed by atoms with Gasteiger partial charge >= 0.3 is 0 Å². The van der Waals surface area contributed by atoms with Crippen LogP contribution in [0.2, 0.25) is 0 Å². The lowest BCUT2D eigenvalue weighted by atomic mass is 10.1. The fraction of sp³-hybridized carbons (Fsp3) is 0.433. The summed E-state index contributed by atoms with van der Waals surface area (Å²) in [6.07, 6.45) is 0.825. The van der Waals surface area contributed by atoms with Crippen LogP contribution in [-0.4, -0.2) is 71.4 Å². The lowest BCUT2D eigenvalue weighted by molar-refractivity contribution is 0.00406. The van der Waals surface area contributed by atoms with Gasteiger partial charge in [-0.2, -0.15) is 0 Å². The number of nitrogens with zero attached hydrogens (tertiary/aromatic N) is 6. The fourth-order valence-electron chi connectivity index (χ4n) is 3.93. The van der Waals surface area contributed by atoms with Gasteiger partial charge in [0.05, 0.1) is 62.3 Å². The lowest BCUT2D eigenvalue weighted by Crippen LogP contribution is -2.21. The minimum Gasteiger partial charge on any atom is -0.382 e. The zero-order valence-corrected chi connectivity index (χ0v) is 26.0. The first-order chi connectivity index (χ1) is 20.7. The van der Waals surface area contributed by atoms with Gasteiger partial charge in [-0.25, -0.2) is 4.98 Å². The number of rotatable bonds is 19. The molecule has 0 aliphatic rings. The van der Waals surface area contributed by atoms with E-state index < -0.39 is 0 Å². The highest BCUT2D eigenvalue weighted by molar-refractivity contribution is 7.30. The molecule has 42 heavy (non-hydrogen) atoms. The van der Waals surface area contributed by atoms with Gasteiger partial charge in [0.25, 0.3) is 0 Å². The number of fused-ring (bicyclic) bond motifs is 1. The van der Waals surface area contributed by atoms with Crippen LogP contribution in [-0.2, 0) is 25.4 Å². The summed E-state index contributed by atoms with van der Waals surface area (Å²) in [5.74, 6) is 0. The van der Waals surface area contributed by atoms with Gasteiger partial charge in [-0.05, 0) is 68.3 Å². The number of anilines is 1. The SMILES string of the molecule is CCN(CC)c1ccc(N=Nc2nc3sc(N=Nc4ccc(CCOCCOCCOCCOC)cc4)cc3s2)cc1. The van der Waals surface area contributed by atoms with Crippen molar-refractivity contribution in [3.8, 4) is 0 Å². The van der Waals surface area contributed by atoms with Crippen LogP contribution in [0.3, 0.4) is 0 Å². The van der Waals surface area contributed by atoms with E-state index in [0.29, 0.717) is 51.4 Å². The molecule has 2 aromatic carbocycles. The maximum Gasteiger partial charge on any atom is 0.231 e. The normalized spacial score (nSPS) is 11.9. The van der Waals surface area contributed by atoms with Crippen molar-refractivity contribution in [1.82, 2.24) is 4.98 Å². The van der Waals surface area contributed by atoms with Crippen LogP contribution in [0.15, 0.2) is 75.1 Å². The van der Waals surface area contributed by atoms with E-state index in [9.17, 15) is 0 Å². The molecule has 0 aliphatic carbocycles. The number of aromatic nitrogens is 1. The Morgan fingerprint density at radius 1 is 0.690 bits per heavy atom. The van der Waals surface area contributed by atoms with Gasteiger partial charge in [0, 0.05) is 25.9 Å². The van der Waals surface area contributed by atoms with Crippen molar-refractivity contribution in [2.45, 2.75) is 20.3 Å². The first-order valence-electron chi connectivity index (χ1n) is 14.1. The molecule has 0 fully saturated rings. The molecule has 0 unspecified atom stereocenters. The van der Waals surface area contributed by atoms with E-state index in [1.807, 2.05) is 30.3 Å². The highest BCUT2D eigenvalue weighted by Crippen LogP contribution is 2.39. The maximum atomic E-state index is 5.66. The minimum absolute atomic E-state index is 0.556. The van der Waals surface area contributed by atoms with E-state index in [1.165, 1.54) is 33.9 Å². The maximum absolute atomic E-state index is 5.66. The summed E-state index contributed by atoms with van der Waals surface area (Å²) in [5, 5.41) is 18.9. The van der Waals surface area contributed by atoms with E-state index in [1.54, 1.807) is 7.11 Å². The number of azo groups is 2. The van der Waals surface area contributed by atoms with Gasteiger partial charge in [0.1, 0.15) is 9.83 Å². The molecule has 4 aromatic rings. The molecule has 0 spiro atoms. The Morgan fingerprint density at radius 2 is 1.29 bits per heavy atom. The average molecular weight is 611 g/mol. The molecular weight excluding hydrogens is 573 g/mol. The number of benzene rings is 2. The van der Waals surface area contributed by atoms with Crippen molar-refractivity contribution < 1.29 is 18.9 Å². The summed E-state index contributed by atoms with van der Waals surface area (Å²) < 4.78 is 22.4. The molecule has 10 nitrogen and oxygen atoms in total. The van der Waals surface area contributed by atoms with Crippen molar-refractivity contribution in [2.24, 2.45) is 20.5 Å². The Labute approximate surface area is 255 Å². The zero-order chi connectivity index (χ0) is 29.4. The van der Waals surface area contributed by atoms with Gasteiger partial charge in [-0.3, -0.25) is 0 Å². The van der Waals surface area contributed by atoms with Crippen LogP contribution >= 0.6 is 22.7 Å². The van der Waals surface area contributed by atoms with Crippen LogP contribution in [0.1, 0.15) is 19.4 Å². The predicted molar refractivity (Wildman–Crippen MR) is 170 cm³/mol. The molecule has 0 saturated carbocycles. The Hall–Kier alpha value is -3.13. The number of thiophene rings is 1. The van der Waals surface area contributed by atoms with Crippen molar-refractivity contribution in [1.29, 1.82) is 0 Å². The van der Waals surface area contributed by atoms with Crippen LogP contribution < -0.4 is 4.90 Å². The third-order valence-electron chi connectivity index (χ3n) is 6.21. The molecular formula is C30H38N6O4S2. The van der Waals surface area contributed by atoms with Crippen LogP contribution in [0.5, 0.6) is 0 Å². The van der Waals surface area contributed by atoms with E-state index in [4.69, 9.17) is 18.9 Å². The molecule has 0 radical (unpaired) electrons. The highest BCUT2D eigenvalue weighted by Gasteiger charge is 2.09. The van der Waals surface area contributed by atoms with Crippen molar-refractivity contribution >= 4 is 59.4 Å². The molecule has 4 rings (SSSR count). The topological polar surface area (TPSA) is 102 Å². The van der Waals surface area contributed by atoms with Crippen molar-refractivity contribution in [3.05, 3.63) is 60.2 Å². The summed E-state index contributed by atoms with van der Waals surface area (Å²) in [7, 11) is 1.65. The molecule has 0 bridgehead atoms. The fourth-order valence-corrected chi connectivity index (χ4v) is 5.78. The number of methoxy groups -OCH3 is 1. The number of hydrogen-bond acceptors (Lipinski definition) is 12. The van der Waals surface area contributed by atoms with Crippen LogP contribution in [0.25, 0.3) is 9.53 Å². The van der Waals surface area contributed by atoms with Crippen molar-refractivity contribution in [3.63, 3.8) is 0 Å². The summed E-state index contributed by atoms with van der Waals surface area (Å²) >= 11 is 2.98. The minimum atomic E-state index is 0.556. The second-order valence-corrected chi connectivity index (χ2v) is 11.1. The standard InChI is InChI=1S/C30H38N6O4S2/c1-4-36(5-2)26-12-10-25(11-13-26)33-35-30-31-29-27(41-30)22-28(42-29)34-32-24-8-6-23(7-9-24)14-15-38-18-19-40-21-20-39-17-16-37-3/h6-13,22H,4-5,14-21H2,1-3H3. The van der Waals surface area contributed by atoms with E-state index in [0.717, 1.165) is 45.4 Å². The molecule has 2 aromatic heterocycles. The smallest absolute Gasteiger partial charge is 0.231 e. The zero-order valence-electron chi connectivity index (χ0n) is 24.4. The van der Waals surface area contributed by atoms with E-state index in [-0.39, 0.29) is 0 Å². The third-order valence-corrected chi connectivity index (χ3v) is 8.13. The Kier molecular flexibility index (Phi) is 13.4. The third kappa shape index (κ3) is 10.3. The molecule has 0 N–H and O–H groups in total.